The van der Waals surface area contributed by atoms with Gasteiger partial charge in [-0.05, 0) is 12.8 Å². The molecule has 0 bridgehead atoms. The Balaban J connectivity index is 4.24. The fourth-order valence-electron chi connectivity index (χ4n) is 1.49. The molecule has 0 aromatic carbocycles. The largest absolute Gasteiger partial charge is 0.481 e. The Morgan fingerprint density at radius 3 is 2.12 bits per heavy atom. The van der Waals surface area contributed by atoms with Gasteiger partial charge in [0.1, 0.15) is 11.8 Å². The monoisotopic (exact) mass is 245 g/mol. The molecule has 0 saturated carbocycles. The first-order valence-corrected chi connectivity index (χ1v) is 5.40. The molecular formula is C11H19NO5. The van der Waals surface area contributed by atoms with Gasteiger partial charge in [-0.1, -0.05) is 13.8 Å². The zero-order chi connectivity index (χ0) is 13.6. The van der Waals surface area contributed by atoms with Crippen molar-refractivity contribution >= 4 is 17.7 Å². The van der Waals surface area contributed by atoms with Crippen LogP contribution in [0.4, 0.5) is 0 Å². The molecule has 0 unspecified atom stereocenters. The van der Waals surface area contributed by atoms with Crippen molar-refractivity contribution in [3.05, 3.63) is 0 Å². The van der Waals surface area contributed by atoms with Gasteiger partial charge in [-0.2, -0.15) is 0 Å². The van der Waals surface area contributed by atoms with Crippen molar-refractivity contribution in [2.75, 3.05) is 0 Å². The first kappa shape index (κ1) is 15.6. The second kappa shape index (κ2) is 6.34. The molecule has 0 heterocycles. The van der Waals surface area contributed by atoms with Crippen LogP contribution in [-0.2, 0) is 14.4 Å². The van der Waals surface area contributed by atoms with Crippen LogP contribution in [0, 0.1) is 5.41 Å². The summed E-state index contributed by atoms with van der Waals surface area (Å²) in [7, 11) is 0. The Bertz CT molecular complexity index is 311. The number of hydrogen-bond acceptors (Lipinski definition) is 4. The predicted octanol–water partition coefficient (Wildman–Crippen LogP) is 0.639. The molecular weight excluding hydrogens is 226 g/mol. The van der Waals surface area contributed by atoms with Crippen molar-refractivity contribution in [2.24, 2.45) is 11.1 Å². The molecule has 98 valence electrons. The third kappa shape index (κ3) is 6.01. The number of hydrogen-bond donors (Lipinski definition) is 3. The third-order valence-corrected chi connectivity index (χ3v) is 2.60. The molecule has 6 heteroatoms. The van der Waals surface area contributed by atoms with Crippen molar-refractivity contribution < 1.29 is 24.6 Å². The Kier molecular flexibility index (Phi) is 5.81. The normalized spacial score (nSPS) is 13.1. The van der Waals surface area contributed by atoms with Crippen molar-refractivity contribution in [2.45, 2.75) is 45.6 Å². The lowest BCUT2D eigenvalue weighted by Crippen LogP contribution is -2.38. The molecule has 0 aliphatic carbocycles. The van der Waals surface area contributed by atoms with Gasteiger partial charge >= 0.3 is 11.9 Å². The van der Waals surface area contributed by atoms with Crippen LogP contribution < -0.4 is 5.73 Å². The van der Waals surface area contributed by atoms with E-state index in [4.69, 9.17) is 15.9 Å². The highest BCUT2D eigenvalue weighted by Gasteiger charge is 2.31. The summed E-state index contributed by atoms with van der Waals surface area (Å²) in [6.45, 7) is 3.25. The summed E-state index contributed by atoms with van der Waals surface area (Å²) in [5.41, 5.74) is 4.53. The van der Waals surface area contributed by atoms with E-state index in [-0.39, 0.29) is 31.5 Å². The molecule has 0 amide bonds. The van der Waals surface area contributed by atoms with E-state index in [0.717, 1.165) is 0 Å². The van der Waals surface area contributed by atoms with Gasteiger partial charge in [-0.25, -0.2) is 0 Å². The standard InChI is InChI=1S/C11H19NO5/c1-11(2,6-7(12)10(16)17)8(13)4-3-5-9(14)15/h7H,3-6,12H2,1-2H3,(H,14,15)(H,16,17)/t7-/m0/s1. The maximum Gasteiger partial charge on any atom is 0.320 e. The Hall–Kier alpha value is -1.43. The number of ketones is 1. The van der Waals surface area contributed by atoms with Gasteiger partial charge in [0.05, 0.1) is 0 Å². The Morgan fingerprint density at radius 1 is 1.18 bits per heavy atom. The number of carbonyl (C=O) groups excluding carboxylic acids is 1. The highest BCUT2D eigenvalue weighted by atomic mass is 16.4. The SMILES string of the molecule is CC(C)(C[C@H](N)C(=O)O)C(=O)CCCC(=O)O. The number of carboxylic acid groups (broad SMARTS) is 2. The summed E-state index contributed by atoms with van der Waals surface area (Å²) in [5.74, 6) is -2.25. The minimum absolute atomic E-state index is 0.0498. The number of nitrogens with two attached hydrogens (primary N) is 1. The first-order chi connectivity index (χ1) is 7.66. The van der Waals surface area contributed by atoms with Crippen LogP contribution in [0.25, 0.3) is 0 Å². The van der Waals surface area contributed by atoms with Crippen LogP contribution in [0.2, 0.25) is 0 Å². The molecule has 6 nitrogen and oxygen atoms in total. The lowest BCUT2D eigenvalue weighted by molar-refractivity contribution is -0.140. The highest BCUT2D eigenvalue weighted by Crippen LogP contribution is 2.25. The lowest BCUT2D eigenvalue weighted by atomic mass is 9.80. The van der Waals surface area contributed by atoms with E-state index < -0.39 is 23.4 Å². The molecule has 0 fully saturated rings. The molecule has 0 rings (SSSR count). The average molecular weight is 245 g/mol. The van der Waals surface area contributed by atoms with E-state index >= 15 is 0 Å². The molecule has 0 aromatic rings. The summed E-state index contributed by atoms with van der Waals surface area (Å²) in [4.78, 5) is 32.6. The zero-order valence-electron chi connectivity index (χ0n) is 10.1. The molecule has 1 atom stereocenters. The van der Waals surface area contributed by atoms with E-state index in [2.05, 4.69) is 0 Å². The van der Waals surface area contributed by atoms with Gasteiger partial charge in [0, 0.05) is 18.3 Å². The molecule has 0 aliphatic rings. The lowest BCUT2D eigenvalue weighted by Gasteiger charge is -2.24. The van der Waals surface area contributed by atoms with Crippen LogP contribution in [0.5, 0.6) is 0 Å². The van der Waals surface area contributed by atoms with Crippen molar-refractivity contribution in [3.8, 4) is 0 Å². The quantitative estimate of drug-likeness (QED) is 0.577. The van der Waals surface area contributed by atoms with Crippen LogP contribution in [-0.4, -0.2) is 34.0 Å². The van der Waals surface area contributed by atoms with Crippen molar-refractivity contribution in [1.82, 2.24) is 0 Å². The maximum absolute atomic E-state index is 11.8. The zero-order valence-corrected chi connectivity index (χ0v) is 10.1. The molecule has 0 spiro atoms. The number of Topliss-reactive ketones (excluding diaryl/α,β-unsaturated/α-hetero) is 1. The molecule has 0 aromatic heterocycles. The van der Waals surface area contributed by atoms with Gasteiger partial charge in [0.2, 0.25) is 0 Å². The van der Waals surface area contributed by atoms with Crippen LogP contribution >= 0.6 is 0 Å². The van der Waals surface area contributed by atoms with E-state index in [0.29, 0.717) is 0 Å². The van der Waals surface area contributed by atoms with Gasteiger partial charge < -0.3 is 15.9 Å². The number of rotatable bonds is 8. The average Bonchev–Trinajstić information content (AvgIpc) is 2.15. The number of carboxylic acids is 2. The van der Waals surface area contributed by atoms with E-state index in [9.17, 15) is 14.4 Å². The summed E-state index contributed by atoms with van der Waals surface area (Å²) < 4.78 is 0. The van der Waals surface area contributed by atoms with Gasteiger partial charge in [-0.15, -0.1) is 0 Å². The molecule has 17 heavy (non-hydrogen) atoms. The fraction of sp³-hybridized carbons (Fsp3) is 0.727. The van der Waals surface area contributed by atoms with Gasteiger partial charge in [0.15, 0.2) is 0 Å². The van der Waals surface area contributed by atoms with E-state index in [1.165, 1.54) is 0 Å². The van der Waals surface area contributed by atoms with Crippen LogP contribution in [0.3, 0.4) is 0 Å². The summed E-state index contributed by atoms with van der Waals surface area (Å²) >= 11 is 0. The number of aliphatic carboxylic acids is 2. The van der Waals surface area contributed by atoms with E-state index in [1.807, 2.05) is 0 Å². The summed E-state index contributed by atoms with van der Waals surface area (Å²) in [5, 5.41) is 17.1. The Morgan fingerprint density at radius 2 is 1.71 bits per heavy atom. The molecule has 0 saturated heterocycles. The number of carbonyl (C=O) groups is 3. The topological polar surface area (TPSA) is 118 Å². The van der Waals surface area contributed by atoms with Crippen molar-refractivity contribution in [3.63, 3.8) is 0 Å². The minimum atomic E-state index is -1.14. The maximum atomic E-state index is 11.8. The van der Waals surface area contributed by atoms with Gasteiger partial charge in [0.25, 0.3) is 0 Å². The van der Waals surface area contributed by atoms with Crippen LogP contribution in [0.1, 0.15) is 39.5 Å². The highest BCUT2D eigenvalue weighted by molar-refractivity contribution is 5.85. The second-order valence-electron chi connectivity index (χ2n) is 4.70. The van der Waals surface area contributed by atoms with Crippen molar-refractivity contribution in [1.29, 1.82) is 0 Å². The molecule has 0 aliphatic heterocycles. The molecule has 0 radical (unpaired) electrons. The Labute approximate surface area is 99.8 Å². The summed E-state index contributed by atoms with van der Waals surface area (Å²) in [6.07, 6.45) is 0.382. The second-order valence-corrected chi connectivity index (χ2v) is 4.70. The fourth-order valence-corrected chi connectivity index (χ4v) is 1.49. The minimum Gasteiger partial charge on any atom is -0.481 e. The first-order valence-electron chi connectivity index (χ1n) is 5.40. The smallest absolute Gasteiger partial charge is 0.320 e. The third-order valence-electron chi connectivity index (χ3n) is 2.60. The van der Waals surface area contributed by atoms with E-state index in [1.54, 1.807) is 13.8 Å². The summed E-state index contributed by atoms with van der Waals surface area (Å²) in [6, 6.07) is -1.08. The molecule has 4 N–H and O–H groups in total. The van der Waals surface area contributed by atoms with Crippen LogP contribution in [0.15, 0.2) is 0 Å². The predicted molar refractivity (Wildman–Crippen MR) is 60.5 cm³/mol. The van der Waals surface area contributed by atoms with Gasteiger partial charge in [-0.3, -0.25) is 14.4 Å².